The third-order valence-corrected chi connectivity index (χ3v) is 3.44. The molecule has 0 unspecified atom stereocenters. The van der Waals surface area contributed by atoms with Gasteiger partial charge in [-0.15, -0.1) is 0 Å². The summed E-state index contributed by atoms with van der Waals surface area (Å²) in [5.74, 6) is -0.155. The summed E-state index contributed by atoms with van der Waals surface area (Å²) in [4.78, 5) is 4.40. The summed E-state index contributed by atoms with van der Waals surface area (Å²) in [6.45, 7) is 1.98. The van der Waals surface area contributed by atoms with Crippen LogP contribution >= 0.6 is 0 Å². The fourth-order valence-electron chi connectivity index (χ4n) is 2.55. The zero-order valence-corrected chi connectivity index (χ0v) is 8.46. The molecule has 1 aromatic rings. The Hall–Kier alpha value is -1.22. The van der Waals surface area contributed by atoms with Crippen LogP contribution in [0.4, 0.5) is 10.1 Å². The van der Waals surface area contributed by atoms with E-state index in [0.29, 0.717) is 0 Å². The summed E-state index contributed by atoms with van der Waals surface area (Å²) in [5, 5.41) is 3.33. The molecule has 2 nitrogen and oxygen atoms in total. The number of benzene rings is 1. The number of nitrogens with zero attached hydrogens (tertiary/aromatic N) is 1. The van der Waals surface area contributed by atoms with Crippen molar-refractivity contribution in [3.05, 3.63) is 29.6 Å². The Morgan fingerprint density at radius 3 is 2.87 bits per heavy atom. The summed E-state index contributed by atoms with van der Waals surface area (Å²) in [5.41, 5.74) is 2.02. The molecule has 0 atom stereocenters. The molecule has 0 saturated carbocycles. The molecule has 1 saturated heterocycles. The molecule has 0 aliphatic carbocycles. The van der Waals surface area contributed by atoms with Gasteiger partial charge in [-0.25, -0.2) is 4.39 Å². The maximum Gasteiger partial charge on any atom is 0.123 e. The van der Waals surface area contributed by atoms with Crippen molar-refractivity contribution in [3.63, 3.8) is 0 Å². The van der Waals surface area contributed by atoms with E-state index in [-0.39, 0.29) is 11.2 Å². The molecule has 3 heteroatoms. The number of nitrogens with one attached hydrogen (secondary N) is 1. The van der Waals surface area contributed by atoms with Crippen LogP contribution in [0.15, 0.2) is 23.2 Å². The second-order valence-electron chi connectivity index (χ2n) is 4.33. The van der Waals surface area contributed by atoms with Crippen LogP contribution in [-0.4, -0.2) is 19.3 Å². The first-order valence-electron chi connectivity index (χ1n) is 5.36. The minimum atomic E-state index is -0.155. The highest BCUT2D eigenvalue weighted by Gasteiger charge is 2.37. The van der Waals surface area contributed by atoms with Crippen molar-refractivity contribution in [2.24, 2.45) is 4.99 Å². The maximum atomic E-state index is 13.2. The SMILES string of the molecule is Fc1ccc2c(c1)C1(C=N2)CCNCC1. The van der Waals surface area contributed by atoms with Crippen LogP contribution in [0.25, 0.3) is 0 Å². The number of halogens is 1. The van der Waals surface area contributed by atoms with Gasteiger partial charge in [0.1, 0.15) is 5.82 Å². The minimum Gasteiger partial charge on any atom is -0.317 e. The Labute approximate surface area is 88.2 Å². The summed E-state index contributed by atoms with van der Waals surface area (Å²) >= 11 is 0. The molecule has 1 aromatic carbocycles. The quantitative estimate of drug-likeness (QED) is 0.688. The van der Waals surface area contributed by atoms with Gasteiger partial charge in [0.25, 0.3) is 0 Å². The number of hydrogen-bond donors (Lipinski definition) is 1. The summed E-state index contributed by atoms with van der Waals surface area (Å²) in [6, 6.07) is 4.90. The number of piperidine rings is 1. The third kappa shape index (κ3) is 1.30. The lowest BCUT2D eigenvalue weighted by molar-refractivity contribution is 0.407. The summed E-state index contributed by atoms with van der Waals surface area (Å²) in [6.07, 6.45) is 4.05. The molecule has 1 spiro atoms. The van der Waals surface area contributed by atoms with Gasteiger partial charge < -0.3 is 5.32 Å². The number of rotatable bonds is 0. The van der Waals surface area contributed by atoms with Crippen LogP contribution in [0.5, 0.6) is 0 Å². The second kappa shape index (κ2) is 3.14. The first kappa shape index (κ1) is 9.04. The topological polar surface area (TPSA) is 24.4 Å². The van der Waals surface area contributed by atoms with Crippen molar-refractivity contribution in [2.75, 3.05) is 13.1 Å². The molecular formula is C12H13FN2. The van der Waals surface area contributed by atoms with Crippen LogP contribution in [0, 0.1) is 5.82 Å². The maximum absolute atomic E-state index is 13.2. The van der Waals surface area contributed by atoms with Crippen molar-refractivity contribution >= 4 is 11.9 Å². The van der Waals surface area contributed by atoms with Crippen molar-refractivity contribution in [1.29, 1.82) is 0 Å². The largest absolute Gasteiger partial charge is 0.317 e. The average molecular weight is 204 g/mol. The zero-order valence-electron chi connectivity index (χ0n) is 8.46. The standard InChI is InChI=1S/C12H13FN2/c13-9-1-2-11-10(7-9)12(8-15-11)3-5-14-6-4-12/h1-2,7-8,14H,3-6H2. The van der Waals surface area contributed by atoms with E-state index >= 15 is 0 Å². The molecule has 2 aliphatic rings. The fraction of sp³-hybridized carbons (Fsp3) is 0.417. The Balaban J connectivity index is 2.09. The van der Waals surface area contributed by atoms with Crippen molar-refractivity contribution in [3.8, 4) is 0 Å². The Bertz CT molecular complexity index is 420. The molecule has 0 radical (unpaired) electrons. The van der Waals surface area contributed by atoms with Crippen LogP contribution < -0.4 is 5.32 Å². The molecule has 2 aliphatic heterocycles. The highest BCUT2D eigenvalue weighted by atomic mass is 19.1. The first-order chi connectivity index (χ1) is 7.30. The van der Waals surface area contributed by atoms with Gasteiger partial charge in [0.2, 0.25) is 0 Å². The van der Waals surface area contributed by atoms with Crippen LogP contribution in [0.2, 0.25) is 0 Å². The molecule has 2 heterocycles. The number of aliphatic imine (C=N–C) groups is 1. The molecule has 15 heavy (non-hydrogen) atoms. The lowest BCUT2D eigenvalue weighted by Crippen LogP contribution is -2.39. The van der Waals surface area contributed by atoms with Crippen molar-refractivity contribution in [1.82, 2.24) is 5.32 Å². The van der Waals surface area contributed by atoms with Gasteiger partial charge in [-0.1, -0.05) is 0 Å². The molecule has 0 amide bonds. The van der Waals surface area contributed by atoms with Gasteiger partial charge in [0.05, 0.1) is 5.69 Å². The first-order valence-corrected chi connectivity index (χ1v) is 5.36. The smallest absolute Gasteiger partial charge is 0.123 e. The molecule has 0 bridgehead atoms. The Morgan fingerprint density at radius 1 is 1.27 bits per heavy atom. The van der Waals surface area contributed by atoms with Crippen LogP contribution in [0.1, 0.15) is 18.4 Å². The Kier molecular flexibility index (Phi) is 1.89. The summed E-state index contributed by atoms with van der Waals surface area (Å²) < 4.78 is 13.2. The van der Waals surface area contributed by atoms with E-state index in [1.54, 1.807) is 12.1 Å². The predicted octanol–water partition coefficient (Wildman–Crippen LogP) is 2.16. The van der Waals surface area contributed by atoms with E-state index in [2.05, 4.69) is 10.3 Å². The fourth-order valence-corrected chi connectivity index (χ4v) is 2.55. The van der Waals surface area contributed by atoms with Crippen molar-refractivity contribution < 1.29 is 4.39 Å². The molecular weight excluding hydrogens is 191 g/mol. The zero-order chi connectivity index (χ0) is 10.3. The highest BCUT2D eigenvalue weighted by Crippen LogP contribution is 2.42. The van der Waals surface area contributed by atoms with E-state index in [9.17, 15) is 4.39 Å². The van der Waals surface area contributed by atoms with Gasteiger partial charge >= 0.3 is 0 Å². The molecule has 3 rings (SSSR count). The number of hydrogen-bond acceptors (Lipinski definition) is 2. The monoisotopic (exact) mass is 204 g/mol. The lowest BCUT2D eigenvalue weighted by Gasteiger charge is -2.32. The molecule has 0 aromatic heterocycles. The van der Waals surface area contributed by atoms with Crippen molar-refractivity contribution in [2.45, 2.75) is 18.3 Å². The van der Waals surface area contributed by atoms with Gasteiger partial charge in [-0.3, -0.25) is 4.99 Å². The van der Waals surface area contributed by atoms with E-state index in [1.165, 1.54) is 6.07 Å². The van der Waals surface area contributed by atoms with E-state index in [0.717, 1.165) is 37.2 Å². The normalized spacial score (nSPS) is 21.9. The molecule has 1 fully saturated rings. The van der Waals surface area contributed by atoms with Crippen LogP contribution in [0.3, 0.4) is 0 Å². The van der Waals surface area contributed by atoms with E-state index in [4.69, 9.17) is 0 Å². The summed E-state index contributed by atoms with van der Waals surface area (Å²) in [7, 11) is 0. The third-order valence-electron chi connectivity index (χ3n) is 3.44. The van der Waals surface area contributed by atoms with Gasteiger partial charge in [-0.05, 0) is 49.7 Å². The molecule has 78 valence electrons. The van der Waals surface area contributed by atoms with Gasteiger partial charge in [-0.2, -0.15) is 0 Å². The highest BCUT2D eigenvalue weighted by molar-refractivity contribution is 5.85. The van der Waals surface area contributed by atoms with Crippen LogP contribution in [-0.2, 0) is 5.41 Å². The number of fused-ring (bicyclic) bond motifs is 2. The molecule has 1 N–H and O–H groups in total. The average Bonchev–Trinajstić information content (AvgIpc) is 2.59. The Morgan fingerprint density at radius 2 is 2.07 bits per heavy atom. The minimum absolute atomic E-state index is 0.00266. The van der Waals surface area contributed by atoms with E-state index in [1.807, 2.05) is 6.21 Å². The lowest BCUT2D eigenvalue weighted by atomic mass is 9.75. The van der Waals surface area contributed by atoms with E-state index < -0.39 is 0 Å². The van der Waals surface area contributed by atoms with Gasteiger partial charge in [0, 0.05) is 11.6 Å². The van der Waals surface area contributed by atoms with Gasteiger partial charge in [0.15, 0.2) is 0 Å². The predicted molar refractivity (Wildman–Crippen MR) is 58.3 cm³/mol. The second-order valence-corrected chi connectivity index (χ2v) is 4.33.